The molecule has 0 aromatic heterocycles. The normalized spacial score (nSPS) is 29.7. The molecule has 1 amide bonds. The van der Waals surface area contributed by atoms with Crippen molar-refractivity contribution < 1.29 is 89.4 Å². The smallest absolute Gasteiger partial charge is 0.220 e. The number of hydrogen-bond acceptors (Lipinski definition) is 18. The molecule has 3 rings (SSSR count). The van der Waals surface area contributed by atoms with E-state index in [4.69, 9.17) is 28.4 Å². The number of hydrogen-bond donors (Lipinski definition) is 12. The monoisotopic (exact) mass is 1170 g/mol. The van der Waals surface area contributed by atoms with Gasteiger partial charge in [0.15, 0.2) is 18.9 Å². The van der Waals surface area contributed by atoms with Gasteiger partial charge in [-0.3, -0.25) is 4.79 Å². The van der Waals surface area contributed by atoms with Crippen LogP contribution in [0.3, 0.4) is 0 Å². The highest BCUT2D eigenvalue weighted by molar-refractivity contribution is 5.76. The molecule has 0 saturated carbocycles. The van der Waals surface area contributed by atoms with Crippen LogP contribution in [0.5, 0.6) is 0 Å². The van der Waals surface area contributed by atoms with Gasteiger partial charge in [-0.2, -0.15) is 0 Å². The second-order valence-corrected chi connectivity index (χ2v) is 23.9. The van der Waals surface area contributed by atoms with E-state index in [0.29, 0.717) is 12.8 Å². The zero-order valence-corrected chi connectivity index (χ0v) is 50.3. The molecular formula is C62H119NO18. The third-order valence-electron chi connectivity index (χ3n) is 16.9. The molecule has 3 heterocycles. The summed E-state index contributed by atoms with van der Waals surface area (Å²) in [6.07, 6.45) is 19.0. The lowest BCUT2D eigenvalue weighted by Crippen LogP contribution is -2.66. The Bertz CT molecular complexity index is 1490. The third kappa shape index (κ3) is 29.4. The Balaban J connectivity index is 1.43. The first kappa shape index (κ1) is 74.0. The van der Waals surface area contributed by atoms with Gasteiger partial charge in [0.05, 0.1) is 38.6 Å². The van der Waals surface area contributed by atoms with Crippen molar-refractivity contribution in [3.8, 4) is 0 Å². The molecule has 480 valence electrons. The van der Waals surface area contributed by atoms with Gasteiger partial charge in [0.1, 0.15) is 73.2 Å². The standard InChI is InChI=1S/C62H119NO18/c1-3-5-7-9-11-13-15-17-18-19-20-21-22-23-24-25-26-28-30-32-34-36-38-40-50(68)63-45(46(67)39-37-35-33-31-29-27-16-14-12-10-8-6-4-2)44-76-60-56(74)53(71)58(48(42-65)78-60)81-62-57(75)54(72)59(49(43-66)79-62)80-61-55(73)52(70)51(69)47(41-64)77-61/h45-49,51-62,64-67,69-75H,3-44H2,1-2H3,(H,63,68). The summed E-state index contributed by atoms with van der Waals surface area (Å²) in [5, 5.41) is 120. The van der Waals surface area contributed by atoms with Crippen molar-refractivity contribution in [3.05, 3.63) is 0 Å². The van der Waals surface area contributed by atoms with Crippen LogP contribution in [0.15, 0.2) is 0 Å². The van der Waals surface area contributed by atoms with E-state index in [2.05, 4.69) is 19.2 Å². The maximum atomic E-state index is 13.4. The minimum atomic E-state index is -1.97. The number of unbranched alkanes of at least 4 members (excludes halogenated alkanes) is 34. The average molecular weight is 1170 g/mol. The van der Waals surface area contributed by atoms with Crippen molar-refractivity contribution in [3.63, 3.8) is 0 Å². The lowest BCUT2D eigenvalue weighted by atomic mass is 9.96. The number of carbonyl (C=O) groups is 1. The zero-order valence-electron chi connectivity index (χ0n) is 50.3. The summed E-state index contributed by atoms with van der Waals surface area (Å²) in [6.45, 7) is 1.82. The van der Waals surface area contributed by atoms with E-state index in [9.17, 15) is 61.0 Å². The van der Waals surface area contributed by atoms with Crippen LogP contribution >= 0.6 is 0 Å². The number of nitrogens with one attached hydrogen (secondary N) is 1. The fourth-order valence-electron chi connectivity index (χ4n) is 11.6. The Morgan fingerprint density at radius 3 is 1.07 bits per heavy atom. The van der Waals surface area contributed by atoms with Crippen LogP contribution < -0.4 is 5.32 Å². The van der Waals surface area contributed by atoms with Gasteiger partial charge in [-0.15, -0.1) is 0 Å². The van der Waals surface area contributed by atoms with Crippen molar-refractivity contribution >= 4 is 5.91 Å². The second kappa shape index (κ2) is 46.0. The molecule has 0 aromatic rings. The van der Waals surface area contributed by atoms with E-state index in [1.54, 1.807) is 0 Å². The van der Waals surface area contributed by atoms with Gasteiger partial charge in [0.2, 0.25) is 5.91 Å². The Morgan fingerprint density at radius 2 is 0.704 bits per heavy atom. The van der Waals surface area contributed by atoms with Crippen LogP contribution in [0.4, 0.5) is 0 Å². The van der Waals surface area contributed by atoms with Crippen LogP contribution in [0.2, 0.25) is 0 Å². The van der Waals surface area contributed by atoms with Gasteiger partial charge >= 0.3 is 0 Å². The summed E-state index contributed by atoms with van der Waals surface area (Å²) in [6, 6.07) is -0.880. The van der Waals surface area contributed by atoms with Gasteiger partial charge in [-0.25, -0.2) is 0 Å². The summed E-state index contributed by atoms with van der Waals surface area (Å²) in [5.74, 6) is -0.237. The molecule has 3 fully saturated rings. The lowest BCUT2D eigenvalue weighted by Gasteiger charge is -2.48. The van der Waals surface area contributed by atoms with Crippen LogP contribution in [0.25, 0.3) is 0 Å². The van der Waals surface area contributed by atoms with E-state index in [0.717, 1.165) is 44.9 Å². The molecule has 81 heavy (non-hydrogen) atoms. The highest BCUT2D eigenvalue weighted by atomic mass is 16.8. The molecule has 17 atom stereocenters. The second-order valence-electron chi connectivity index (χ2n) is 23.9. The number of aliphatic hydroxyl groups excluding tert-OH is 11. The minimum absolute atomic E-state index is 0.237. The average Bonchev–Trinajstić information content (AvgIpc) is 3.57. The van der Waals surface area contributed by atoms with Crippen LogP contribution in [-0.4, -0.2) is 193 Å². The van der Waals surface area contributed by atoms with Crippen molar-refractivity contribution in [1.29, 1.82) is 0 Å². The first-order chi connectivity index (χ1) is 39.3. The predicted molar refractivity (Wildman–Crippen MR) is 310 cm³/mol. The van der Waals surface area contributed by atoms with E-state index in [-0.39, 0.29) is 18.9 Å². The minimum Gasteiger partial charge on any atom is -0.394 e. The maximum Gasteiger partial charge on any atom is 0.220 e. The van der Waals surface area contributed by atoms with E-state index >= 15 is 0 Å². The Hall–Kier alpha value is -1.21. The summed E-state index contributed by atoms with van der Waals surface area (Å²) >= 11 is 0. The van der Waals surface area contributed by atoms with Crippen LogP contribution in [-0.2, 0) is 33.2 Å². The summed E-state index contributed by atoms with van der Waals surface area (Å²) in [7, 11) is 0. The fourth-order valence-corrected chi connectivity index (χ4v) is 11.6. The van der Waals surface area contributed by atoms with Crippen molar-refractivity contribution in [2.75, 3.05) is 26.4 Å². The highest BCUT2D eigenvalue weighted by Gasteiger charge is 2.53. The first-order valence-corrected chi connectivity index (χ1v) is 32.8. The van der Waals surface area contributed by atoms with Crippen molar-refractivity contribution in [2.45, 2.75) is 362 Å². The number of ether oxygens (including phenoxy) is 6. The molecule has 12 N–H and O–H groups in total. The molecule has 0 aromatic carbocycles. The largest absolute Gasteiger partial charge is 0.394 e. The molecule has 19 heteroatoms. The predicted octanol–water partition coefficient (Wildman–Crippen LogP) is 7.16. The summed E-state index contributed by atoms with van der Waals surface area (Å²) in [5.41, 5.74) is 0. The molecule has 0 radical (unpaired) electrons. The quantitative estimate of drug-likeness (QED) is 0.0269. The lowest BCUT2D eigenvalue weighted by molar-refractivity contribution is -0.379. The van der Waals surface area contributed by atoms with Crippen molar-refractivity contribution in [2.24, 2.45) is 0 Å². The van der Waals surface area contributed by atoms with Crippen molar-refractivity contribution in [1.82, 2.24) is 5.32 Å². The summed E-state index contributed by atoms with van der Waals surface area (Å²) < 4.78 is 34.3. The number of carbonyl (C=O) groups excluding carboxylic acids is 1. The molecule has 17 unspecified atom stereocenters. The maximum absolute atomic E-state index is 13.4. The summed E-state index contributed by atoms with van der Waals surface area (Å²) in [4.78, 5) is 13.4. The number of rotatable bonds is 50. The van der Waals surface area contributed by atoms with Crippen LogP contribution in [0.1, 0.15) is 258 Å². The van der Waals surface area contributed by atoms with Gasteiger partial charge < -0.3 is 89.9 Å². The Labute approximate surface area is 487 Å². The molecule has 0 bridgehead atoms. The van der Waals surface area contributed by atoms with Crippen LogP contribution in [0, 0.1) is 0 Å². The van der Waals surface area contributed by atoms with Gasteiger partial charge in [-0.05, 0) is 12.8 Å². The molecule has 0 aliphatic carbocycles. The zero-order chi connectivity index (χ0) is 59.0. The molecule has 3 aliphatic rings. The molecule has 3 aliphatic heterocycles. The van der Waals surface area contributed by atoms with E-state index in [1.807, 2.05) is 0 Å². The number of aliphatic hydroxyl groups is 11. The highest BCUT2D eigenvalue weighted by Crippen LogP contribution is 2.33. The topological polar surface area (TPSA) is 307 Å². The molecule has 0 spiro atoms. The molecule has 3 saturated heterocycles. The number of amides is 1. The van der Waals surface area contributed by atoms with E-state index < -0.39 is 124 Å². The Morgan fingerprint density at radius 1 is 0.395 bits per heavy atom. The molecular weight excluding hydrogens is 1050 g/mol. The third-order valence-corrected chi connectivity index (χ3v) is 16.9. The molecule has 19 nitrogen and oxygen atoms in total. The van der Waals surface area contributed by atoms with Gasteiger partial charge in [-0.1, -0.05) is 239 Å². The van der Waals surface area contributed by atoms with Gasteiger partial charge in [0.25, 0.3) is 0 Å². The SMILES string of the molecule is CCCCCCCCCCCCCCCCCCCCCCCCCC(=O)NC(COC1OC(CO)C(OC2OC(CO)C(OC3OC(CO)C(O)C(O)C3O)C(O)C2O)C(O)C1O)C(O)CCCCCCCCCCCCCCC. The van der Waals surface area contributed by atoms with Gasteiger partial charge in [0, 0.05) is 6.42 Å². The Kier molecular flexibility index (Phi) is 42.1. The first-order valence-electron chi connectivity index (χ1n) is 32.8. The van der Waals surface area contributed by atoms with E-state index in [1.165, 1.54) is 180 Å². The fraction of sp³-hybridized carbons (Fsp3) is 0.984.